The zero-order valence-corrected chi connectivity index (χ0v) is 30.4. The molecule has 2 fully saturated rings. The minimum Gasteiger partial charge on any atom is -0.457 e. The fraction of sp³-hybridized carbons (Fsp3) is 0.282. The van der Waals surface area contributed by atoms with Gasteiger partial charge in [0.25, 0.3) is 11.8 Å². The highest BCUT2D eigenvalue weighted by atomic mass is 32.2. The molecule has 2 atom stereocenters. The van der Waals surface area contributed by atoms with Crippen molar-refractivity contribution in [2.45, 2.75) is 42.7 Å². The number of carbonyl (C=O) groups excluding carboxylic acids is 5. The van der Waals surface area contributed by atoms with Crippen LogP contribution in [0, 0.1) is 0 Å². The molecule has 0 bridgehead atoms. The maximum Gasteiger partial charge on any atom is 0.263 e. The van der Waals surface area contributed by atoms with E-state index in [4.69, 9.17) is 20.3 Å². The lowest BCUT2D eigenvalue weighted by atomic mass is 10.0. The van der Waals surface area contributed by atoms with Gasteiger partial charge in [0, 0.05) is 35.7 Å². The smallest absolute Gasteiger partial charge is 0.263 e. The van der Waals surface area contributed by atoms with Gasteiger partial charge in [0.2, 0.25) is 17.7 Å². The van der Waals surface area contributed by atoms with Crippen LogP contribution in [-0.2, 0) is 19.1 Å². The number of rotatable bonds is 11. The highest BCUT2D eigenvalue weighted by molar-refractivity contribution is 7.99. The first-order valence-corrected chi connectivity index (χ1v) is 18.9. The summed E-state index contributed by atoms with van der Waals surface area (Å²) in [6.07, 6.45) is 3.10. The van der Waals surface area contributed by atoms with E-state index < -0.39 is 29.7 Å². The summed E-state index contributed by atoms with van der Waals surface area (Å²) in [5.41, 5.74) is 8.88. The molecule has 0 spiro atoms. The van der Waals surface area contributed by atoms with E-state index in [1.807, 2.05) is 59.3 Å². The van der Waals surface area contributed by atoms with E-state index >= 15 is 0 Å². The summed E-state index contributed by atoms with van der Waals surface area (Å²) >= 11 is 1.32. The number of nitrogens with zero attached hydrogens (tertiary/aromatic N) is 6. The van der Waals surface area contributed by atoms with Gasteiger partial charge in [-0.25, -0.2) is 14.6 Å². The first-order valence-electron chi connectivity index (χ1n) is 17.9. The van der Waals surface area contributed by atoms with E-state index in [2.05, 4.69) is 15.3 Å². The average Bonchev–Trinajstić information content (AvgIpc) is 3.71. The molecule has 2 unspecified atom stereocenters. The number of hydrogen-bond donors (Lipinski definition) is 2. The fourth-order valence-corrected chi connectivity index (χ4v) is 8.14. The molecule has 280 valence electrons. The van der Waals surface area contributed by atoms with E-state index in [1.54, 1.807) is 23.1 Å². The largest absolute Gasteiger partial charge is 0.457 e. The number of amides is 5. The lowest BCUT2D eigenvalue weighted by Crippen LogP contribution is -2.54. The number of nitrogens with two attached hydrogens (primary N) is 1. The average molecular weight is 761 g/mol. The van der Waals surface area contributed by atoms with E-state index in [0.29, 0.717) is 52.0 Å². The van der Waals surface area contributed by atoms with Crippen LogP contribution < -0.4 is 15.8 Å². The highest BCUT2D eigenvalue weighted by Crippen LogP contribution is 2.36. The zero-order valence-electron chi connectivity index (χ0n) is 29.6. The Bertz CT molecular complexity index is 2320. The standard InChI is InChI=1S/C39H36N8O7S/c40-35-33-34(23-11-13-26(14-12-23)54-25-7-2-1-3-8-25)44-47(36(33)42-22-41-35)24-6-5-17-45(20-24)31(49)21-53-18-19-55-29-10-4-9-27-32(29)39(52)46(38(27)51)28-15-16-30(48)43-37(28)50/h1-4,7-14,22,24,28H,5-6,15-21H2,(H2,40,41,42)(H,43,48,50). The molecule has 3 N–H and O–H groups in total. The van der Waals surface area contributed by atoms with Crippen LogP contribution in [0.3, 0.4) is 0 Å². The number of benzene rings is 3. The van der Waals surface area contributed by atoms with Gasteiger partial charge in [-0.15, -0.1) is 11.8 Å². The molecule has 3 aromatic carbocycles. The summed E-state index contributed by atoms with van der Waals surface area (Å²) in [7, 11) is 0. The SMILES string of the molecule is Nc1ncnc2c1c(-c1ccc(Oc3ccccc3)cc1)nn2C1CCCN(C(=O)COCCSc2cccc3c2C(=O)N(C2CCC(=O)NC2=O)C3=O)C1. The van der Waals surface area contributed by atoms with Gasteiger partial charge in [0.1, 0.15) is 42.0 Å². The van der Waals surface area contributed by atoms with Crippen molar-refractivity contribution in [2.24, 2.45) is 0 Å². The molecule has 5 amide bonds. The monoisotopic (exact) mass is 760 g/mol. The molecule has 0 aliphatic carbocycles. The number of nitrogens with one attached hydrogen (secondary N) is 1. The number of carbonyl (C=O) groups is 5. The Morgan fingerprint density at radius 1 is 0.927 bits per heavy atom. The Morgan fingerprint density at radius 3 is 2.53 bits per heavy atom. The van der Waals surface area contributed by atoms with Crippen LogP contribution in [0.4, 0.5) is 5.82 Å². The van der Waals surface area contributed by atoms with Crippen LogP contribution in [0.1, 0.15) is 52.4 Å². The number of thioether (sulfide) groups is 1. The molecule has 15 nitrogen and oxygen atoms in total. The summed E-state index contributed by atoms with van der Waals surface area (Å²) in [5.74, 6) is -0.226. The summed E-state index contributed by atoms with van der Waals surface area (Å²) in [6, 6.07) is 20.9. The first kappa shape index (κ1) is 35.9. The zero-order chi connectivity index (χ0) is 38.1. The Kier molecular flexibility index (Phi) is 9.99. The Balaban J connectivity index is 0.883. The van der Waals surface area contributed by atoms with E-state index in [0.717, 1.165) is 29.1 Å². The van der Waals surface area contributed by atoms with Crippen molar-refractivity contribution in [3.63, 3.8) is 0 Å². The molecule has 55 heavy (non-hydrogen) atoms. The van der Waals surface area contributed by atoms with Gasteiger partial charge in [-0.1, -0.05) is 24.3 Å². The summed E-state index contributed by atoms with van der Waals surface area (Å²) < 4.78 is 13.6. The molecule has 5 aromatic rings. The number of aromatic nitrogens is 4. The molecule has 8 rings (SSSR count). The molecule has 0 saturated carbocycles. The second kappa shape index (κ2) is 15.3. The maximum absolute atomic E-state index is 13.4. The lowest BCUT2D eigenvalue weighted by Gasteiger charge is -2.33. The number of para-hydroxylation sites is 1. The molecule has 2 aromatic heterocycles. The molecule has 2 saturated heterocycles. The van der Waals surface area contributed by atoms with Crippen molar-refractivity contribution in [1.29, 1.82) is 0 Å². The van der Waals surface area contributed by atoms with Crippen LogP contribution in [0.25, 0.3) is 22.3 Å². The number of fused-ring (bicyclic) bond motifs is 2. The second-order valence-electron chi connectivity index (χ2n) is 13.4. The maximum atomic E-state index is 13.4. The highest BCUT2D eigenvalue weighted by Gasteiger charge is 2.45. The first-order chi connectivity index (χ1) is 26.8. The number of imide groups is 2. The van der Waals surface area contributed by atoms with Gasteiger partial charge in [-0.2, -0.15) is 5.10 Å². The van der Waals surface area contributed by atoms with Crippen molar-refractivity contribution < 1.29 is 33.4 Å². The van der Waals surface area contributed by atoms with Gasteiger partial charge >= 0.3 is 0 Å². The third-order valence-electron chi connectivity index (χ3n) is 9.86. The van der Waals surface area contributed by atoms with Gasteiger partial charge in [0.05, 0.1) is 29.2 Å². The van der Waals surface area contributed by atoms with Crippen molar-refractivity contribution in [2.75, 3.05) is 37.8 Å². The lowest BCUT2D eigenvalue weighted by molar-refractivity contribution is -0.138. The Labute approximate surface area is 319 Å². The van der Waals surface area contributed by atoms with Crippen LogP contribution in [-0.4, -0.2) is 97.2 Å². The van der Waals surface area contributed by atoms with Crippen LogP contribution in [0.5, 0.6) is 11.5 Å². The molecule has 16 heteroatoms. The predicted octanol–water partition coefficient (Wildman–Crippen LogP) is 4.24. The van der Waals surface area contributed by atoms with Crippen molar-refractivity contribution >= 4 is 58.1 Å². The number of ether oxygens (including phenoxy) is 2. The predicted molar refractivity (Wildman–Crippen MR) is 201 cm³/mol. The second-order valence-corrected chi connectivity index (χ2v) is 14.5. The minimum absolute atomic E-state index is 0.0479. The van der Waals surface area contributed by atoms with Crippen molar-refractivity contribution in [3.8, 4) is 22.8 Å². The summed E-state index contributed by atoms with van der Waals surface area (Å²) in [6.45, 7) is 1.08. The van der Waals surface area contributed by atoms with Gasteiger partial charge in [0.15, 0.2) is 5.65 Å². The number of hydrogen-bond acceptors (Lipinski definition) is 12. The molecule has 5 heterocycles. The van der Waals surface area contributed by atoms with E-state index in [9.17, 15) is 24.0 Å². The van der Waals surface area contributed by atoms with E-state index in [-0.39, 0.29) is 49.1 Å². The van der Waals surface area contributed by atoms with Gasteiger partial charge in [-0.3, -0.25) is 34.2 Å². The van der Waals surface area contributed by atoms with Crippen LogP contribution in [0.2, 0.25) is 0 Å². The Hall–Kier alpha value is -6.13. The quantitative estimate of drug-likeness (QED) is 0.111. The third kappa shape index (κ3) is 7.13. The molecule has 3 aliphatic rings. The van der Waals surface area contributed by atoms with Gasteiger partial charge < -0.3 is 20.1 Å². The van der Waals surface area contributed by atoms with Crippen molar-refractivity contribution in [3.05, 3.63) is 90.3 Å². The number of likely N-dealkylation sites (tertiary alicyclic amines) is 1. The number of nitrogen functional groups attached to an aromatic ring is 1. The topological polar surface area (TPSA) is 192 Å². The third-order valence-corrected chi connectivity index (χ3v) is 10.9. The normalized spacial score (nSPS) is 18.5. The Morgan fingerprint density at radius 2 is 1.73 bits per heavy atom. The van der Waals surface area contributed by atoms with Crippen LogP contribution >= 0.6 is 11.8 Å². The molecular formula is C39H36N8O7S. The van der Waals surface area contributed by atoms with Crippen LogP contribution in [0.15, 0.2) is 84.0 Å². The molecule has 3 aliphatic heterocycles. The van der Waals surface area contributed by atoms with E-state index in [1.165, 1.54) is 18.1 Å². The fourth-order valence-electron chi connectivity index (χ4n) is 7.20. The molecular weight excluding hydrogens is 725 g/mol. The number of piperidine rings is 2. The number of anilines is 1. The minimum atomic E-state index is -1.04. The summed E-state index contributed by atoms with van der Waals surface area (Å²) in [5, 5.41) is 7.83. The van der Waals surface area contributed by atoms with Gasteiger partial charge in [-0.05, 0) is 67.8 Å². The molecule has 0 radical (unpaired) electrons. The van der Waals surface area contributed by atoms with Crippen molar-refractivity contribution in [1.82, 2.24) is 34.9 Å². The summed E-state index contributed by atoms with van der Waals surface area (Å²) in [4.78, 5) is 76.0.